The van der Waals surface area contributed by atoms with E-state index < -0.39 is 16.7 Å². The van der Waals surface area contributed by atoms with E-state index in [9.17, 15) is 19.7 Å². The number of rotatable bonds is 5. The molecule has 3 aromatic carbocycles. The normalized spacial score (nSPS) is 10.3. The van der Waals surface area contributed by atoms with Gasteiger partial charge in [0.25, 0.3) is 17.5 Å². The van der Waals surface area contributed by atoms with E-state index in [-0.39, 0.29) is 27.5 Å². The fourth-order valence-electron chi connectivity index (χ4n) is 2.51. The lowest BCUT2D eigenvalue weighted by Gasteiger charge is -2.12. The molecule has 2 N–H and O–H groups in total. The van der Waals surface area contributed by atoms with Crippen LogP contribution in [0.25, 0.3) is 0 Å². The number of non-ortho nitro benzene ring substituents is 1. The maximum Gasteiger partial charge on any atom is 0.270 e. The highest BCUT2D eigenvalue weighted by atomic mass is 35.5. The van der Waals surface area contributed by atoms with E-state index in [4.69, 9.17) is 23.2 Å². The summed E-state index contributed by atoms with van der Waals surface area (Å²) in [6.45, 7) is 0. The number of amides is 2. The summed E-state index contributed by atoms with van der Waals surface area (Å²) in [7, 11) is 0. The Hall–Kier alpha value is -3.42. The average molecular weight is 430 g/mol. The fourth-order valence-corrected chi connectivity index (χ4v) is 2.90. The third kappa shape index (κ3) is 4.90. The predicted octanol–water partition coefficient (Wildman–Crippen LogP) is 5.41. The van der Waals surface area contributed by atoms with E-state index in [1.165, 1.54) is 12.1 Å². The van der Waals surface area contributed by atoms with Gasteiger partial charge in [0.15, 0.2) is 0 Å². The number of carbonyl (C=O) groups is 2. The average Bonchev–Trinajstić information content (AvgIpc) is 2.69. The maximum absolute atomic E-state index is 12.6. The number of para-hydroxylation sites is 1. The highest BCUT2D eigenvalue weighted by Crippen LogP contribution is 2.25. The van der Waals surface area contributed by atoms with E-state index in [1.807, 2.05) is 0 Å². The summed E-state index contributed by atoms with van der Waals surface area (Å²) in [6, 6.07) is 16.5. The smallest absolute Gasteiger partial charge is 0.270 e. The summed E-state index contributed by atoms with van der Waals surface area (Å²) in [5.41, 5.74) is 0.852. The van der Waals surface area contributed by atoms with Gasteiger partial charge in [-0.3, -0.25) is 19.7 Å². The summed E-state index contributed by atoms with van der Waals surface area (Å²) in [5.74, 6) is -1.03. The van der Waals surface area contributed by atoms with E-state index in [1.54, 1.807) is 48.5 Å². The van der Waals surface area contributed by atoms with Gasteiger partial charge in [0.05, 0.1) is 26.8 Å². The van der Waals surface area contributed by atoms with Crippen molar-refractivity contribution in [3.8, 4) is 0 Å². The van der Waals surface area contributed by atoms with E-state index >= 15 is 0 Å². The van der Waals surface area contributed by atoms with E-state index in [0.29, 0.717) is 10.7 Å². The molecular weight excluding hydrogens is 417 g/mol. The van der Waals surface area contributed by atoms with Gasteiger partial charge >= 0.3 is 0 Å². The number of nitro groups is 1. The highest BCUT2D eigenvalue weighted by molar-refractivity contribution is 6.34. The number of hydrogen-bond donors (Lipinski definition) is 2. The van der Waals surface area contributed by atoms with Crippen molar-refractivity contribution >= 4 is 52.1 Å². The van der Waals surface area contributed by atoms with Crippen LogP contribution in [0.15, 0.2) is 66.7 Å². The van der Waals surface area contributed by atoms with Gasteiger partial charge in [0, 0.05) is 22.8 Å². The Balaban J connectivity index is 1.81. The van der Waals surface area contributed by atoms with Gasteiger partial charge in [-0.25, -0.2) is 0 Å². The minimum atomic E-state index is -0.607. The summed E-state index contributed by atoms with van der Waals surface area (Å²) >= 11 is 11.8. The number of anilines is 2. The van der Waals surface area contributed by atoms with Crippen LogP contribution in [0.5, 0.6) is 0 Å². The Labute approximate surface area is 175 Å². The zero-order chi connectivity index (χ0) is 21.0. The molecule has 29 heavy (non-hydrogen) atoms. The number of nitrogens with one attached hydrogen (secondary N) is 2. The molecule has 0 spiro atoms. The van der Waals surface area contributed by atoms with Crippen molar-refractivity contribution in [3.05, 3.63) is 98.0 Å². The first-order valence-corrected chi connectivity index (χ1v) is 9.02. The molecule has 3 rings (SSSR count). The van der Waals surface area contributed by atoms with Crippen LogP contribution in [0.1, 0.15) is 20.7 Å². The second kappa shape index (κ2) is 8.72. The molecule has 0 radical (unpaired) electrons. The van der Waals surface area contributed by atoms with Crippen LogP contribution in [-0.4, -0.2) is 16.7 Å². The van der Waals surface area contributed by atoms with Crippen molar-refractivity contribution < 1.29 is 14.5 Å². The third-order valence-electron chi connectivity index (χ3n) is 3.93. The van der Waals surface area contributed by atoms with Crippen LogP contribution in [0.4, 0.5) is 17.1 Å². The summed E-state index contributed by atoms with van der Waals surface area (Å²) in [6.07, 6.45) is 0. The van der Waals surface area contributed by atoms with Crippen LogP contribution in [-0.2, 0) is 0 Å². The van der Waals surface area contributed by atoms with Crippen LogP contribution >= 0.6 is 23.2 Å². The van der Waals surface area contributed by atoms with Crippen molar-refractivity contribution in [3.63, 3.8) is 0 Å². The van der Waals surface area contributed by atoms with Gasteiger partial charge in [-0.15, -0.1) is 0 Å². The van der Waals surface area contributed by atoms with Crippen molar-refractivity contribution in [2.45, 2.75) is 0 Å². The topological polar surface area (TPSA) is 101 Å². The molecule has 0 fully saturated rings. The Morgan fingerprint density at radius 3 is 2.14 bits per heavy atom. The van der Waals surface area contributed by atoms with Crippen molar-refractivity contribution in [1.82, 2.24) is 0 Å². The minimum absolute atomic E-state index is 0.0465. The molecule has 146 valence electrons. The van der Waals surface area contributed by atoms with Gasteiger partial charge in [0.2, 0.25) is 0 Å². The number of hydrogen-bond acceptors (Lipinski definition) is 4. The molecular formula is C20H13Cl2N3O4. The molecule has 0 bridgehead atoms. The van der Waals surface area contributed by atoms with E-state index in [0.717, 1.165) is 6.07 Å². The second-order valence-corrected chi connectivity index (χ2v) is 6.73. The summed E-state index contributed by atoms with van der Waals surface area (Å²) < 4.78 is 0. The number of carbonyl (C=O) groups excluding carboxylic acids is 2. The Morgan fingerprint density at radius 1 is 0.828 bits per heavy atom. The maximum atomic E-state index is 12.6. The molecule has 0 aliphatic carbocycles. The van der Waals surface area contributed by atoms with Gasteiger partial charge in [0.1, 0.15) is 0 Å². The molecule has 7 nitrogen and oxygen atoms in total. The first-order valence-electron chi connectivity index (χ1n) is 8.26. The van der Waals surface area contributed by atoms with Crippen LogP contribution in [0.3, 0.4) is 0 Å². The first kappa shape index (κ1) is 20.3. The quantitative estimate of drug-likeness (QED) is 0.418. The molecule has 0 atom stereocenters. The van der Waals surface area contributed by atoms with Crippen LogP contribution in [0, 0.1) is 10.1 Å². The fraction of sp³-hybridized carbons (Fsp3) is 0. The van der Waals surface area contributed by atoms with Gasteiger partial charge in [-0.1, -0.05) is 35.3 Å². The Kier molecular flexibility index (Phi) is 6.11. The number of nitrogens with zero attached hydrogens (tertiary/aromatic N) is 1. The lowest BCUT2D eigenvalue weighted by molar-refractivity contribution is -0.384. The predicted molar refractivity (Wildman–Crippen MR) is 112 cm³/mol. The molecule has 0 aliphatic rings. The molecule has 0 aromatic heterocycles. The second-order valence-electron chi connectivity index (χ2n) is 5.88. The molecule has 2 amide bonds. The lowest BCUT2D eigenvalue weighted by atomic mass is 10.1. The lowest BCUT2D eigenvalue weighted by Crippen LogP contribution is -2.18. The molecule has 0 saturated heterocycles. The molecule has 3 aromatic rings. The SMILES string of the molecule is O=C(Nc1ccccc1C(=O)Nc1ccc(Cl)cc1)c1ccc([N+](=O)[O-])cc1Cl. The van der Waals surface area contributed by atoms with Crippen LogP contribution < -0.4 is 10.6 Å². The number of halogens is 2. The molecule has 0 heterocycles. The van der Waals surface area contributed by atoms with E-state index in [2.05, 4.69) is 10.6 Å². The monoisotopic (exact) mass is 429 g/mol. The third-order valence-corrected chi connectivity index (χ3v) is 4.49. The standard InChI is InChI=1S/C20H13Cl2N3O4/c21-12-5-7-13(8-6-12)23-20(27)16-3-1-2-4-18(16)24-19(26)15-10-9-14(25(28)29)11-17(15)22/h1-11H,(H,23,27)(H,24,26). The molecule has 0 unspecified atom stereocenters. The van der Waals surface area contributed by atoms with Crippen molar-refractivity contribution in [2.75, 3.05) is 10.6 Å². The van der Waals surface area contributed by atoms with Crippen molar-refractivity contribution in [2.24, 2.45) is 0 Å². The number of nitro benzene ring substituents is 1. The largest absolute Gasteiger partial charge is 0.322 e. The molecule has 9 heteroatoms. The summed E-state index contributed by atoms with van der Waals surface area (Å²) in [4.78, 5) is 35.4. The zero-order valence-corrected chi connectivity index (χ0v) is 16.2. The van der Waals surface area contributed by atoms with Gasteiger partial charge in [-0.05, 0) is 42.5 Å². The molecule has 0 aliphatic heterocycles. The van der Waals surface area contributed by atoms with Gasteiger partial charge in [-0.2, -0.15) is 0 Å². The number of benzene rings is 3. The van der Waals surface area contributed by atoms with Crippen LogP contribution in [0.2, 0.25) is 10.0 Å². The minimum Gasteiger partial charge on any atom is -0.322 e. The first-order chi connectivity index (χ1) is 13.8. The van der Waals surface area contributed by atoms with Gasteiger partial charge < -0.3 is 10.6 Å². The Bertz CT molecular complexity index is 1100. The molecule has 0 saturated carbocycles. The van der Waals surface area contributed by atoms with Crippen molar-refractivity contribution in [1.29, 1.82) is 0 Å². The highest BCUT2D eigenvalue weighted by Gasteiger charge is 2.18. The summed E-state index contributed by atoms with van der Waals surface area (Å²) in [5, 5.41) is 16.6. The zero-order valence-electron chi connectivity index (χ0n) is 14.7. The Morgan fingerprint density at radius 2 is 1.48 bits per heavy atom.